The minimum Gasteiger partial charge on any atom is -0.490 e. The highest BCUT2D eigenvalue weighted by atomic mass is 35.5. The molecule has 0 saturated carbocycles. The molecular weight excluding hydrogens is 452 g/mol. The zero-order valence-electron chi connectivity index (χ0n) is 14.4. The van der Waals surface area contributed by atoms with E-state index < -0.39 is 0 Å². The van der Waals surface area contributed by atoms with Crippen LogP contribution in [0.1, 0.15) is 21.0 Å². The maximum atomic E-state index is 11.9. The summed E-state index contributed by atoms with van der Waals surface area (Å²) < 4.78 is 11.2. The van der Waals surface area contributed by atoms with E-state index in [1.807, 2.05) is 19.1 Å². The average molecular weight is 469 g/mol. The van der Waals surface area contributed by atoms with E-state index in [4.69, 9.17) is 55.9 Å². The minimum absolute atomic E-state index is 0.0863. The summed E-state index contributed by atoms with van der Waals surface area (Å²) in [6, 6.07) is 6.92. The van der Waals surface area contributed by atoms with E-state index in [1.165, 1.54) is 17.4 Å². The number of thiophene rings is 1. The standard InChI is InChI=1S/C18H17Cl4NO3S/c1-11-3-4-15(27-11)18(24)23-6-2-7-26-17-13(19)9-12(10-14(17)20)25-8-5-16(21)22/h3-5,9-10H,2,6-8H2,1H3,(H,23,24). The quantitative estimate of drug-likeness (QED) is 0.441. The third-order valence-corrected chi connectivity index (χ3v) is 5.15. The van der Waals surface area contributed by atoms with Crippen molar-refractivity contribution in [3.8, 4) is 11.5 Å². The van der Waals surface area contributed by atoms with Gasteiger partial charge in [0.05, 0.1) is 21.5 Å². The van der Waals surface area contributed by atoms with E-state index in [0.717, 1.165) is 4.88 Å². The van der Waals surface area contributed by atoms with Crippen molar-refractivity contribution in [3.63, 3.8) is 0 Å². The Morgan fingerprint density at radius 1 is 1.19 bits per heavy atom. The molecular formula is C18H17Cl4NO3S. The molecule has 2 rings (SSSR count). The Bertz CT molecular complexity index is 796. The first kappa shape index (κ1) is 22.2. The van der Waals surface area contributed by atoms with Crippen LogP contribution in [-0.2, 0) is 0 Å². The maximum Gasteiger partial charge on any atom is 0.261 e. The largest absolute Gasteiger partial charge is 0.490 e. The zero-order chi connectivity index (χ0) is 19.8. The summed E-state index contributed by atoms with van der Waals surface area (Å²) in [5.41, 5.74) is 0. The third-order valence-electron chi connectivity index (χ3n) is 3.28. The Balaban J connectivity index is 1.78. The summed E-state index contributed by atoms with van der Waals surface area (Å²) in [6.45, 7) is 2.99. The van der Waals surface area contributed by atoms with Gasteiger partial charge >= 0.3 is 0 Å². The molecule has 0 spiro atoms. The summed E-state index contributed by atoms with van der Waals surface area (Å²) >= 11 is 24.9. The molecule has 4 nitrogen and oxygen atoms in total. The molecule has 1 amide bonds. The molecule has 146 valence electrons. The fraction of sp³-hybridized carbons (Fsp3) is 0.278. The number of carbonyl (C=O) groups is 1. The van der Waals surface area contributed by atoms with E-state index in [9.17, 15) is 4.79 Å². The molecule has 1 heterocycles. The molecule has 2 aromatic rings. The molecule has 1 aromatic heterocycles. The molecule has 0 bridgehead atoms. The fourth-order valence-corrected chi connectivity index (χ4v) is 3.54. The number of benzene rings is 1. The van der Waals surface area contributed by atoms with Gasteiger partial charge in [-0.3, -0.25) is 4.79 Å². The number of amides is 1. The first-order valence-electron chi connectivity index (χ1n) is 7.97. The molecule has 0 aliphatic carbocycles. The molecule has 0 atom stereocenters. The predicted octanol–water partition coefficient (Wildman–Crippen LogP) is 6.26. The normalized spacial score (nSPS) is 10.4. The highest BCUT2D eigenvalue weighted by molar-refractivity contribution is 7.13. The third kappa shape index (κ3) is 7.43. The second-order valence-electron chi connectivity index (χ2n) is 5.39. The Kier molecular flexibility index (Phi) is 9.06. The van der Waals surface area contributed by atoms with Crippen molar-refractivity contribution >= 4 is 63.6 Å². The topological polar surface area (TPSA) is 47.6 Å². The molecule has 0 radical (unpaired) electrons. The number of halogens is 4. The van der Waals surface area contributed by atoms with Gasteiger partial charge in [-0.1, -0.05) is 46.4 Å². The van der Waals surface area contributed by atoms with Gasteiger partial charge in [-0.05, 0) is 31.6 Å². The van der Waals surface area contributed by atoms with Crippen LogP contribution in [0.4, 0.5) is 0 Å². The summed E-state index contributed by atoms with van der Waals surface area (Å²) in [7, 11) is 0. The van der Waals surface area contributed by atoms with Crippen molar-refractivity contribution in [1.82, 2.24) is 5.32 Å². The van der Waals surface area contributed by atoms with E-state index in [-0.39, 0.29) is 17.0 Å². The lowest BCUT2D eigenvalue weighted by Gasteiger charge is -2.12. The highest BCUT2D eigenvalue weighted by Gasteiger charge is 2.11. The van der Waals surface area contributed by atoms with Crippen LogP contribution in [0.25, 0.3) is 0 Å². The van der Waals surface area contributed by atoms with Gasteiger partial charge in [0.1, 0.15) is 16.8 Å². The van der Waals surface area contributed by atoms with E-state index >= 15 is 0 Å². The number of carbonyl (C=O) groups excluding carboxylic acids is 1. The molecule has 0 saturated heterocycles. The van der Waals surface area contributed by atoms with Crippen molar-refractivity contribution in [3.05, 3.63) is 54.6 Å². The van der Waals surface area contributed by atoms with Crippen LogP contribution in [0.5, 0.6) is 11.5 Å². The van der Waals surface area contributed by atoms with Gasteiger partial charge in [-0.2, -0.15) is 0 Å². The first-order valence-corrected chi connectivity index (χ1v) is 10.3. The number of nitrogens with one attached hydrogen (secondary N) is 1. The minimum atomic E-state index is -0.0863. The number of ether oxygens (including phenoxy) is 2. The maximum absolute atomic E-state index is 11.9. The van der Waals surface area contributed by atoms with Crippen molar-refractivity contribution in [2.24, 2.45) is 0 Å². The Hall–Kier alpha value is -1.11. The lowest BCUT2D eigenvalue weighted by Crippen LogP contribution is -2.24. The highest BCUT2D eigenvalue weighted by Crippen LogP contribution is 2.37. The van der Waals surface area contributed by atoms with Crippen molar-refractivity contribution in [1.29, 1.82) is 0 Å². The van der Waals surface area contributed by atoms with E-state index in [1.54, 1.807) is 12.1 Å². The van der Waals surface area contributed by atoms with Gasteiger partial charge in [-0.25, -0.2) is 0 Å². The van der Waals surface area contributed by atoms with Gasteiger partial charge in [0, 0.05) is 23.6 Å². The lowest BCUT2D eigenvalue weighted by molar-refractivity contribution is 0.0955. The van der Waals surface area contributed by atoms with Gasteiger partial charge in [0.2, 0.25) is 0 Å². The molecule has 1 N–H and O–H groups in total. The Morgan fingerprint density at radius 3 is 2.48 bits per heavy atom. The summed E-state index contributed by atoms with van der Waals surface area (Å²) in [5, 5.41) is 3.51. The monoisotopic (exact) mass is 467 g/mol. The average Bonchev–Trinajstić information content (AvgIpc) is 3.02. The SMILES string of the molecule is Cc1ccc(C(=O)NCCCOc2c(Cl)cc(OCC=C(Cl)Cl)cc2Cl)s1. The Labute approximate surface area is 182 Å². The molecule has 0 fully saturated rings. The first-order chi connectivity index (χ1) is 12.9. The molecule has 9 heteroatoms. The molecule has 0 aliphatic heterocycles. The summed E-state index contributed by atoms with van der Waals surface area (Å²) in [6.07, 6.45) is 2.11. The second kappa shape index (κ2) is 11.0. The van der Waals surface area contributed by atoms with Crippen molar-refractivity contribution < 1.29 is 14.3 Å². The number of rotatable bonds is 9. The lowest BCUT2D eigenvalue weighted by atomic mass is 10.3. The molecule has 1 aromatic carbocycles. The number of hydrogen-bond donors (Lipinski definition) is 1. The van der Waals surface area contributed by atoms with Gasteiger partial charge in [0.25, 0.3) is 5.91 Å². The number of hydrogen-bond acceptors (Lipinski definition) is 4. The van der Waals surface area contributed by atoms with Gasteiger partial charge in [0.15, 0.2) is 5.75 Å². The van der Waals surface area contributed by atoms with Crippen molar-refractivity contribution in [2.75, 3.05) is 19.8 Å². The summed E-state index contributed by atoms with van der Waals surface area (Å²) in [4.78, 5) is 13.7. The van der Waals surface area contributed by atoms with Crippen LogP contribution in [0, 0.1) is 6.92 Å². The smallest absolute Gasteiger partial charge is 0.261 e. The predicted molar refractivity (Wildman–Crippen MR) is 113 cm³/mol. The molecule has 0 aliphatic rings. The van der Waals surface area contributed by atoms with Gasteiger partial charge in [-0.15, -0.1) is 11.3 Å². The van der Waals surface area contributed by atoms with Gasteiger partial charge < -0.3 is 14.8 Å². The summed E-state index contributed by atoms with van der Waals surface area (Å²) in [5.74, 6) is 0.760. The van der Waals surface area contributed by atoms with Crippen LogP contribution < -0.4 is 14.8 Å². The molecule has 0 unspecified atom stereocenters. The second-order valence-corrected chi connectivity index (χ2v) is 8.50. The van der Waals surface area contributed by atoms with Crippen LogP contribution in [0.15, 0.2) is 34.8 Å². The number of aryl methyl sites for hydroxylation is 1. The van der Waals surface area contributed by atoms with E-state index in [2.05, 4.69) is 5.32 Å². The van der Waals surface area contributed by atoms with Crippen LogP contribution >= 0.6 is 57.7 Å². The molecule has 27 heavy (non-hydrogen) atoms. The van der Waals surface area contributed by atoms with Crippen LogP contribution in [0.3, 0.4) is 0 Å². The Morgan fingerprint density at radius 2 is 1.89 bits per heavy atom. The fourth-order valence-electron chi connectivity index (χ4n) is 2.05. The van der Waals surface area contributed by atoms with Crippen LogP contribution in [-0.4, -0.2) is 25.7 Å². The van der Waals surface area contributed by atoms with Crippen LogP contribution in [0.2, 0.25) is 10.0 Å². The van der Waals surface area contributed by atoms with E-state index in [0.29, 0.717) is 46.0 Å². The van der Waals surface area contributed by atoms with Crippen molar-refractivity contribution in [2.45, 2.75) is 13.3 Å². The zero-order valence-corrected chi connectivity index (χ0v) is 18.2.